The zero-order valence-electron chi connectivity index (χ0n) is 15.1. The predicted molar refractivity (Wildman–Crippen MR) is 87.2 cm³/mol. The average molecular weight is 394 g/mol. The number of fused-ring (bicyclic) bond motifs is 1. The number of aliphatic hydroxyl groups is 6. The van der Waals surface area contributed by atoms with E-state index in [9.17, 15) is 30.6 Å². The smallest absolute Gasteiger partial charge is 0.403 e. The van der Waals surface area contributed by atoms with Crippen LogP contribution in [0.3, 0.4) is 0 Å². The second kappa shape index (κ2) is 8.55. The Morgan fingerprint density at radius 2 is 1.48 bits per heavy atom. The lowest BCUT2D eigenvalue weighted by molar-refractivity contribution is -0.348. The van der Waals surface area contributed by atoms with E-state index in [1.165, 1.54) is 0 Å². The number of rotatable bonds is 5. The minimum absolute atomic E-state index is 0.00508. The Hall–Kier alpha value is -0.375. The SMILES string of the molecule is CC(C)B1OC2C(O1)[C@@H](CO)O[C@@H](O[C@H]1[C@H](O)[C@@H](O)C(O)O[C@@H]1CO)[C@@H]2O. The topological polar surface area (TPSA) is 168 Å². The van der Waals surface area contributed by atoms with Crippen LogP contribution < -0.4 is 0 Å². The molecule has 0 aromatic carbocycles. The summed E-state index contributed by atoms with van der Waals surface area (Å²) in [6, 6.07) is 0. The zero-order chi connectivity index (χ0) is 19.9. The lowest BCUT2D eigenvalue weighted by Crippen LogP contribution is -2.64. The van der Waals surface area contributed by atoms with Crippen molar-refractivity contribution in [1.29, 1.82) is 0 Å². The molecule has 3 saturated heterocycles. The molecule has 156 valence electrons. The van der Waals surface area contributed by atoms with Crippen molar-refractivity contribution in [2.45, 2.75) is 81.1 Å². The molecule has 3 unspecified atom stereocenters. The van der Waals surface area contributed by atoms with Gasteiger partial charge in [-0.1, -0.05) is 13.8 Å². The van der Waals surface area contributed by atoms with Gasteiger partial charge in [-0.3, -0.25) is 0 Å². The molecule has 11 nitrogen and oxygen atoms in total. The summed E-state index contributed by atoms with van der Waals surface area (Å²) in [4.78, 5) is 0. The third-order valence-corrected chi connectivity index (χ3v) is 5.05. The molecule has 10 atom stereocenters. The van der Waals surface area contributed by atoms with E-state index >= 15 is 0 Å². The van der Waals surface area contributed by atoms with Gasteiger partial charge in [0, 0.05) is 0 Å². The third kappa shape index (κ3) is 4.02. The molecule has 27 heavy (non-hydrogen) atoms. The second-order valence-electron chi connectivity index (χ2n) is 7.36. The summed E-state index contributed by atoms with van der Waals surface area (Å²) in [5.41, 5.74) is 0. The van der Waals surface area contributed by atoms with Crippen molar-refractivity contribution in [3.8, 4) is 0 Å². The molecule has 0 radical (unpaired) electrons. The van der Waals surface area contributed by atoms with E-state index in [1.54, 1.807) is 0 Å². The van der Waals surface area contributed by atoms with Crippen LogP contribution >= 0.6 is 0 Å². The highest BCUT2D eigenvalue weighted by Gasteiger charge is 2.56. The number of ether oxygens (including phenoxy) is 3. The minimum atomic E-state index is -1.69. The van der Waals surface area contributed by atoms with Gasteiger partial charge in [0.1, 0.15) is 42.7 Å². The summed E-state index contributed by atoms with van der Waals surface area (Å²) in [6.45, 7) is 2.73. The van der Waals surface area contributed by atoms with Crippen LogP contribution in [0.1, 0.15) is 13.8 Å². The summed E-state index contributed by atoms with van der Waals surface area (Å²) in [5.74, 6) is 0.00508. The molecule has 0 spiro atoms. The summed E-state index contributed by atoms with van der Waals surface area (Å²) in [6.07, 6.45) is -12.5. The molecule has 3 fully saturated rings. The quantitative estimate of drug-likeness (QED) is 0.257. The molecule has 3 aliphatic rings. The van der Waals surface area contributed by atoms with E-state index in [4.69, 9.17) is 23.5 Å². The molecule has 6 N–H and O–H groups in total. The maximum atomic E-state index is 10.6. The van der Waals surface area contributed by atoms with Crippen LogP contribution in [0, 0.1) is 0 Å². The van der Waals surface area contributed by atoms with E-state index < -0.39 is 81.7 Å². The molecule has 3 rings (SSSR count). The molecular formula is C15H27BO11. The summed E-state index contributed by atoms with van der Waals surface area (Å²) >= 11 is 0. The first-order valence-electron chi connectivity index (χ1n) is 8.99. The van der Waals surface area contributed by atoms with Gasteiger partial charge in [-0.15, -0.1) is 0 Å². The summed E-state index contributed by atoms with van der Waals surface area (Å²) in [5, 5.41) is 59.2. The van der Waals surface area contributed by atoms with Crippen molar-refractivity contribution in [1.82, 2.24) is 0 Å². The normalized spacial score (nSPS) is 48.1. The van der Waals surface area contributed by atoms with E-state index in [1.807, 2.05) is 13.8 Å². The Morgan fingerprint density at radius 3 is 2.07 bits per heavy atom. The highest BCUT2D eigenvalue weighted by atomic mass is 16.7. The molecule has 0 aliphatic carbocycles. The van der Waals surface area contributed by atoms with Crippen molar-refractivity contribution in [2.75, 3.05) is 13.2 Å². The van der Waals surface area contributed by atoms with Gasteiger partial charge in [-0.2, -0.15) is 0 Å². The van der Waals surface area contributed by atoms with Crippen molar-refractivity contribution in [3.05, 3.63) is 0 Å². The standard InChI is InChI=1S/C15H27BO11/c1-5(2)16-26-12-7(4-18)24-15(10(21)13(12)27-16)25-11-6(3-17)23-14(22)9(20)8(11)19/h5-15,17-22H,3-4H2,1-2H3/t6-,7-,8-,9-,10-,11-,12?,13?,14?,15+/m1/s1. The van der Waals surface area contributed by atoms with Gasteiger partial charge in [0.05, 0.1) is 19.3 Å². The highest BCUT2D eigenvalue weighted by Crippen LogP contribution is 2.36. The Bertz CT molecular complexity index is 494. The molecule has 0 aromatic heterocycles. The van der Waals surface area contributed by atoms with Crippen LogP contribution in [0.2, 0.25) is 5.82 Å². The maximum Gasteiger partial charge on any atom is 0.460 e. The lowest BCUT2D eigenvalue weighted by Gasteiger charge is -2.45. The van der Waals surface area contributed by atoms with Crippen LogP contribution in [0.4, 0.5) is 0 Å². The molecule has 0 saturated carbocycles. The van der Waals surface area contributed by atoms with Crippen molar-refractivity contribution >= 4 is 7.12 Å². The predicted octanol–water partition coefficient (Wildman–Crippen LogP) is -3.44. The minimum Gasteiger partial charge on any atom is -0.403 e. The van der Waals surface area contributed by atoms with E-state index in [-0.39, 0.29) is 5.82 Å². The fourth-order valence-corrected chi connectivity index (χ4v) is 3.52. The van der Waals surface area contributed by atoms with E-state index in [0.717, 1.165) is 0 Å². The third-order valence-electron chi connectivity index (χ3n) is 5.05. The fourth-order valence-electron chi connectivity index (χ4n) is 3.52. The Kier molecular flexibility index (Phi) is 6.76. The van der Waals surface area contributed by atoms with Gasteiger partial charge in [-0.05, 0) is 5.82 Å². The van der Waals surface area contributed by atoms with Crippen molar-refractivity contribution < 1.29 is 54.2 Å². The van der Waals surface area contributed by atoms with Gasteiger partial charge in [0.15, 0.2) is 12.6 Å². The fraction of sp³-hybridized carbons (Fsp3) is 1.00. The van der Waals surface area contributed by atoms with Crippen LogP contribution in [0.25, 0.3) is 0 Å². The monoisotopic (exact) mass is 394 g/mol. The number of aliphatic hydroxyl groups excluding tert-OH is 6. The summed E-state index contributed by atoms with van der Waals surface area (Å²) < 4.78 is 27.6. The Morgan fingerprint density at radius 1 is 0.852 bits per heavy atom. The second-order valence-corrected chi connectivity index (χ2v) is 7.36. The highest BCUT2D eigenvalue weighted by molar-refractivity contribution is 6.46. The first-order valence-corrected chi connectivity index (χ1v) is 8.99. The van der Waals surface area contributed by atoms with Crippen LogP contribution in [0.5, 0.6) is 0 Å². The number of hydrogen-bond acceptors (Lipinski definition) is 11. The number of hydrogen-bond donors (Lipinski definition) is 6. The van der Waals surface area contributed by atoms with Gasteiger partial charge >= 0.3 is 7.12 Å². The first kappa shape index (κ1) is 21.3. The molecule has 0 bridgehead atoms. The van der Waals surface area contributed by atoms with E-state index in [2.05, 4.69) is 0 Å². The molecule has 0 aromatic rings. The molecule has 3 aliphatic heterocycles. The largest absolute Gasteiger partial charge is 0.460 e. The lowest BCUT2D eigenvalue weighted by atomic mass is 9.75. The Balaban J connectivity index is 1.74. The zero-order valence-corrected chi connectivity index (χ0v) is 15.1. The van der Waals surface area contributed by atoms with Gasteiger partial charge in [0.25, 0.3) is 0 Å². The van der Waals surface area contributed by atoms with Crippen LogP contribution in [-0.4, -0.2) is 112 Å². The Labute approximate surface area is 156 Å². The molecular weight excluding hydrogens is 367 g/mol. The van der Waals surface area contributed by atoms with Gasteiger partial charge in [0.2, 0.25) is 0 Å². The van der Waals surface area contributed by atoms with Crippen LogP contribution in [0.15, 0.2) is 0 Å². The average Bonchev–Trinajstić information content (AvgIpc) is 3.10. The van der Waals surface area contributed by atoms with Gasteiger partial charge < -0.3 is 54.2 Å². The van der Waals surface area contributed by atoms with Gasteiger partial charge in [-0.25, -0.2) is 0 Å². The van der Waals surface area contributed by atoms with Crippen molar-refractivity contribution in [3.63, 3.8) is 0 Å². The first-order chi connectivity index (χ1) is 12.8. The van der Waals surface area contributed by atoms with Crippen LogP contribution in [-0.2, 0) is 23.5 Å². The van der Waals surface area contributed by atoms with E-state index in [0.29, 0.717) is 0 Å². The summed E-state index contributed by atoms with van der Waals surface area (Å²) in [7, 11) is -0.586. The molecule has 0 amide bonds. The van der Waals surface area contributed by atoms with Crippen molar-refractivity contribution in [2.24, 2.45) is 0 Å². The molecule has 3 heterocycles. The molecule has 12 heteroatoms. The maximum absolute atomic E-state index is 10.6.